The number of nitrogens with one attached hydrogen (secondary N) is 3. The second-order valence-electron chi connectivity index (χ2n) is 14.0. The van der Waals surface area contributed by atoms with Crippen molar-refractivity contribution < 1.29 is 29.6 Å². The van der Waals surface area contributed by atoms with Crippen molar-refractivity contribution >= 4 is 40.0 Å². The summed E-state index contributed by atoms with van der Waals surface area (Å²) in [6, 6.07) is 23.2. The van der Waals surface area contributed by atoms with Crippen LogP contribution in [0.1, 0.15) is 45.9 Å². The molecule has 0 aliphatic carbocycles. The van der Waals surface area contributed by atoms with Gasteiger partial charge in [-0.2, -0.15) is 5.26 Å². The van der Waals surface area contributed by atoms with Crippen LogP contribution in [0.15, 0.2) is 91.5 Å². The Balaban J connectivity index is 1.23. The van der Waals surface area contributed by atoms with Gasteiger partial charge in [0, 0.05) is 72.7 Å². The molecule has 0 aliphatic rings. The monoisotopic (exact) mass is 801 g/mol. The first kappa shape index (κ1) is 41.5. The first-order valence-corrected chi connectivity index (χ1v) is 18.9. The predicted molar refractivity (Wildman–Crippen MR) is 222 cm³/mol. The number of halogens is 1. The fraction of sp³-hybridized carbons (Fsp3) is 0.250. The van der Waals surface area contributed by atoms with Gasteiger partial charge in [-0.15, -0.1) is 0 Å². The molecule has 0 spiro atoms. The van der Waals surface area contributed by atoms with E-state index in [9.17, 15) is 20.3 Å². The highest BCUT2D eigenvalue weighted by Gasteiger charge is 2.32. The lowest BCUT2D eigenvalue weighted by atomic mass is 9.93. The second kappa shape index (κ2) is 18.9. The first-order valence-electron chi connectivity index (χ1n) is 18.6. The van der Waals surface area contributed by atoms with E-state index >= 15 is 0 Å². The third kappa shape index (κ3) is 9.69. The largest absolute Gasteiger partial charge is 0.488 e. The normalized spacial score (nSPS) is 12.2. The fourth-order valence-corrected chi connectivity index (χ4v) is 6.56. The molecule has 3 heterocycles. The lowest BCUT2D eigenvalue weighted by Gasteiger charge is -2.25. The van der Waals surface area contributed by atoms with E-state index in [0.717, 1.165) is 50.0 Å². The number of hydrogen-bond donors (Lipinski definition) is 6. The molecule has 0 amide bonds. The van der Waals surface area contributed by atoms with Gasteiger partial charge >= 0.3 is 5.97 Å². The number of ether oxygens (including phenoxy) is 2. The Morgan fingerprint density at radius 2 is 1.66 bits per heavy atom. The highest BCUT2D eigenvalue weighted by atomic mass is 35.5. The van der Waals surface area contributed by atoms with Gasteiger partial charge in [-0.25, -0.2) is 4.98 Å². The Kier molecular flexibility index (Phi) is 13.5. The summed E-state index contributed by atoms with van der Waals surface area (Å²) in [6.07, 6.45) is 6.63. The minimum atomic E-state index is -1.60. The number of aliphatic hydroxyl groups excluding tert-OH is 2. The lowest BCUT2D eigenvalue weighted by molar-refractivity contribution is -0.145. The van der Waals surface area contributed by atoms with E-state index in [-0.39, 0.29) is 31.4 Å². The first-order chi connectivity index (χ1) is 28.0. The second-order valence-corrected chi connectivity index (χ2v) is 14.4. The zero-order chi connectivity index (χ0) is 41.2. The van der Waals surface area contributed by atoms with Gasteiger partial charge in [0.2, 0.25) is 0 Å². The number of pyridine rings is 3. The van der Waals surface area contributed by atoms with Crippen LogP contribution in [0.25, 0.3) is 22.0 Å². The van der Waals surface area contributed by atoms with Crippen molar-refractivity contribution in [2.24, 2.45) is 0 Å². The van der Waals surface area contributed by atoms with Crippen molar-refractivity contribution in [3.63, 3.8) is 0 Å². The summed E-state index contributed by atoms with van der Waals surface area (Å²) >= 11 is 6.76. The number of benzene rings is 3. The molecule has 0 fully saturated rings. The third-order valence-electron chi connectivity index (χ3n) is 9.87. The van der Waals surface area contributed by atoms with Crippen molar-refractivity contribution in [2.45, 2.75) is 52.6 Å². The van der Waals surface area contributed by atoms with E-state index in [2.05, 4.69) is 57.1 Å². The summed E-state index contributed by atoms with van der Waals surface area (Å²) in [5, 5.41) is 48.7. The van der Waals surface area contributed by atoms with Crippen molar-refractivity contribution in [3.8, 4) is 28.7 Å². The number of aromatic nitrogens is 3. The Labute approximate surface area is 341 Å². The van der Waals surface area contributed by atoms with Gasteiger partial charge in [-0.05, 0) is 84.5 Å². The van der Waals surface area contributed by atoms with Crippen LogP contribution in [0.2, 0.25) is 5.02 Å². The van der Waals surface area contributed by atoms with Crippen LogP contribution in [0.5, 0.6) is 11.5 Å². The van der Waals surface area contributed by atoms with E-state index in [1.165, 1.54) is 13.1 Å². The Hall–Kier alpha value is -6.14. The van der Waals surface area contributed by atoms with Gasteiger partial charge in [0.15, 0.2) is 5.82 Å². The molecule has 0 radical (unpaired) electrons. The summed E-state index contributed by atoms with van der Waals surface area (Å²) in [7, 11) is 0. The average molecular weight is 802 g/mol. The van der Waals surface area contributed by atoms with Crippen LogP contribution in [-0.2, 0) is 31.1 Å². The number of aliphatic hydroxyl groups is 2. The van der Waals surface area contributed by atoms with Crippen molar-refractivity contribution in [2.75, 3.05) is 25.1 Å². The third-order valence-corrected chi connectivity index (χ3v) is 10.2. The number of hydrogen-bond acceptors (Lipinski definition) is 12. The summed E-state index contributed by atoms with van der Waals surface area (Å²) in [6.45, 7) is 6.31. The minimum Gasteiger partial charge on any atom is -0.488 e. The van der Waals surface area contributed by atoms with E-state index in [4.69, 9.17) is 31.2 Å². The Bertz CT molecular complexity index is 2480. The summed E-state index contributed by atoms with van der Waals surface area (Å²) < 4.78 is 12.5. The van der Waals surface area contributed by atoms with Gasteiger partial charge in [0.1, 0.15) is 41.8 Å². The highest BCUT2D eigenvalue weighted by molar-refractivity contribution is 6.32. The maximum atomic E-state index is 11.9. The molecule has 1 atom stereocenters. The Morgan fingerprint density at radius 3 is 2.41 bits per heavy atom. The quantitative estimate of drug-likeness (QED) is 0.0501. The van der Waals surface area contributed by atoms with Gasteiger partial charge in [-0.1, -0.05) is 41.9 Å². The van der Waals surface area contributed by atoms with Crippen LogP contribution in [0.4, 0.5) is 11.5 Å². The Morgan fingerprint density at radius 1 is 0.879 bits per heavy atom. The number of rotatable bonds is 18. The van der Waals surface area contributed by atoms with E-state index in [1.807, 2.05) is 43.5 Å². The molecule has 3 aromatic heterocycles. The van der Waals surface area contributed by atoms with Crippen LogP contribution >= 0.6 is 11.6 Å². The molecule has 298 valence electrons. The number of aliphatic carboxylic acids is 1. The molecule has 14 heteroatoms. The minimum absolute atomic E-state index is 0.0153. The van der Waals surface area contributed by atoms with Gasteiger partial charge < -0.3 is 35.4 Å². The number of carboxylic acids is 1. The van der Waals surface area contributed by atoms with Crippen LogP contribution < -0.4 is 25.4 Å². The molecule has 58 heavy (non-hydrogen) atoms. The molecule has 13 nitrogen and oxygen atoms in total. The maximum Gasteiger partial charge on any atom is 0.326 e. The lowest BCUT2D eigenvalue weighted by Crippen LogP contribution is -2.52. The maximum absolute atomic E-state index is 11.9. The van der Waals surface area contributed by atoms with Gasteiger partial charge in [0.25, 0.3) is 0 Å². The summed E-state index contributed by atoms with van der Waals surface area (Å²) in [5.74, 6) is 0.155. The van der Waals surface area contributed by atoms with E-state index < -0.39 is 18.1 Å². The van der Waals surface area contributed by atoms with E-state index in [1.54, 1.807) is 30.6 Å². The molecule has 6 aromatic rings. The average Bonchev–Trinajstić information content (AvgIpc) is 3.23. The zero-order valence-electron chi connectivity index (χ0n) is 32.3. The van der Waals surface area contributed by atoms with Crippen LogP contribution in [0.3, 0.4) is 0 Å². The van der Waals surface area contributed by atoms with Crippen LogP contribution in [0, 0.1) is 25.2 Å². The predicted octanol–water partition coefficient (Wildman–Crippen LogP) is 6.74. The van der Waals surface area contributed by atoms with Crippen molar-refractivity contribution in [3.05, 3.63) is 135 Å². The fourth-order valence-electron chi connectivity index (χ4n) is 6.32. The zero-order valence-corrected chi connectivity index (χ0v) is 33.1. The molecule has 6 rings (SSSR count). The van der Waals surface area contributed by atoms with Crippen LogP contribution in [-0.4, -0.2) is 61.5 Å². The number of fused-ring (bicyclic) bond motifs is 1. The van der Waals surface area contributed by atoms with Gasteiger partial charge in [-0.3, -0.25) is 20.1 Å². The molecule has 1 unspecified atom stereocenters. The number of nitrogens with zero attached hydrogens (tertiary/aromatic N) is 4. The molecular formula is C44H44ClN7O6. The van der Waals surface area contributed by atoms with Crippen molar-refractivity contribution in [1.82, 2.24) is 25.6 Å². The smallest absolute Gasteiger partial charge is 0.326 e. The summed E-state index contributed by atoms with van der Waals surface area (Å²) in [5.41, 5.74) is 7.67. The molecule has 3 aromatic carbocycles. The SMILES string of the molecule is Cc1c(COc2cc(OCc3cncc(C#N)c3)c(CNC(C)(CO)C(=O)O)cc2Cl)cccc1-c1cccc(Nc2nccc3cc(CNCCO)cnc23)c1C. The van der Waals surface area contributed by atoms with E-state index in [0.29, 0.717) is 47.1 Å². The standard InChI is InChI=1S/C44H44ClN7O6/c1-27-33(25-58-40-17-39(57-24-31-14-29(18-46)19-48-21-31)34(16-37(40)45)23-51-44(3,26-54)43(55)56)6-4-7-35(27)36-8-5-9-38(28(36)2)52-42-41-32(10-11-49-42)15-30(22-50-41)20-47-12-13-53/h4-11,14-17,19,21-22,47,51,53-54H,12-13,20,23-26H2,1-3H3,(H,49,52)(H,55,56). The number of carbonyl (C=O) groups is 1. The molecule has 0 aliphatic heterocycles. The van der Waals surface area contributed by atoms with Gasteiger partial charge in [0.05, 0.1) is 23.8 Å². The molecular weight excluding hydrogens is 758 g/mol. The van der Waals surface area contributed by atoms with Crippen molar-refractivity contribution in [1.29, 1.82) is 5.26 Å². The molecule has 0 saturated heterocycles. The molecule has 0 bridgehead atoms. The highest BCUT2D eigenvalue weighted by Crippen LogP contribution is 2.37. The number of carboxylic acid groups (broad SMARTS) is 1. The molecule has 6 N–H and O–H groups in total. The molecule has 0 saturated carbocycles. The number of anilines is 2. The topological polar surface area (TPSA) is 195 Å². The summed E-state index contributed by atoms with van der Waals surface area (Å²) in [4.78, 5) is 25.3. The number of nitriles is 1.